The highest BCUT2D eigenvalue weighted by atomic mass is 16.5. The lowest BCUT2D eigenvalue weighted by Gasteiger charge is -2.36. The van der Waals surface area contributed by atoms with Crippen molar-refractivity contribution in [3.05, 3.63) is 29.8 Å². The molecule has 0 radical (unpaired) electrons. The first kappa shape index (κ1) is 14.9. The van der Waals surface area contributed by atoms with Crippen molar-refractivity contribution in [1.29, 1.82) is 5.26 Å². The van der Waals surface area contributed by atoms with Crippen molar-refractivity contribution in [3.63, 3.8) is 0 Å². The largest absolute Gasteiger partial charge is 0.491 e. The van der Waals surface area contributed by atoms with E-state index in [-0.39, 0.29) is 0 Å². The Labute approximate surface area is 122 Å². The minimum atomic E-state index is 0.612. The number of likely N-dealkylation sites (N-methyl/N-ethyl adjacent to an activating group) is 1. The number of hydrogen-bond acceptors (Lipinski definition) is 3. The van der Waals surface area contributed by atoms with Crippen molar-refractivity contribution >= 4 is 0 Å². The zero-order chi connectivity index (χ0) is 14.4. The molecule has 2 rings (SSSR count). The molecule has 1 fully saturated rings. The molecule has 0 amide bonds. The van der Waals surface area contributed by atoms with Crippen LogP contribution in [0.25, 0.3) is 0 Å². The fourth-order valence-corrected chi connectivity index (χ4v) is 3.10. The molecule has 1 aromatic carbocycles. The van der Waals surface area contributed by atoms with Gasteiger partial charge >= 0.3 is 0 Å². The number of para-hydroxylation sites is 1. The second-order valence-electron chi connectivity index (χ2n) is 5.77. The van der Waals surface area contributed by atoms with Crippen LogP contribution in [0.15, 0.2) is 24.3 Å². The van der Waals surface area contributed by atoms with Crippen LogP contribution in [0, 0.1) is 17.2 Å². The Morgan fingerprint density at radius 2 is 2.05 bits per heavy atom. The maximum absolute atomic E-state index is 9.03. The molecular formula is C17H24N2O. The molecule has 20 heavy (non-hydrogen) atoms. The zero-order valence-electron chi connectivity index (χ0n) is 12.5. The summed E-state index contributed by atoms with van der Waals surface area (Å²) in [6, 6.07) is 10.3. The molecule has 1 aliphatic carbocycles. The lowest BCUT2D eigenvalue weighted by atomic mass is 9.85. The van der Waals surface area contributed by atoms with E-state index < -0.39 is 0 Å². The molecule has 0 spiro atoms. The fraction of sp³-hybridized carbons (Fsp3) is 0.588. The van der Waals surface area contributed by atoms with Crippen molar-refractivity contribution in [1.82, 2.24) is 4.90 Å². The summed E-state index contributed by atoms with van der Waals surface area (Å²) in [7, 11) is 2.19. The van der Waals surface area contributed by atoms with Gasteiger partial charge in [-0.15, -0.1) is 0 Å². The van der Waals surface area contributed by atoms with Gasteiger partial charge in [-0.2, -0.15) is 5.26 Å². The topological polar surface area (TPSA) is 36.3 Å². The van der Waals surface area contributed by atoms with E-state index in [0.29, 0.717) is 24.0 Å². The van der Waals surface area contributed by atoms with Crippen molar-refractivity contribution in [3.8, 4) is 11.8 Å². The summed E-state index contributed by atoms with van der Waals surface area (Å²) in [5.41, 5.74) is 0.612. The average Bonchev–Trinajstić information content (AvgIpc) is 2.48. The SMILES string of the molecule is CC1CCCCC1N(C)CCOc1ccccc1C#N. The maximum Gasteiger partial charge on any atom is 0.137 e. The van der Waals surface area contributed by atoms with Gasteiger partial charge in [-0.25, -0.2) is 0 Å². The molecule has 0 aromatic heterocycles. The summed E-state index contributed by atoms with van der Waals surface area (Å²) in [6.07, 6.45) is 5.36. The highest BCUT2D eigenvalue weighted by Gasteiger charge is 2.24. The van der Waals surface area contributed by atoms with Crippen molar-refractivity contribution < 1.29 is 4.74 Å². The minimum absolute atomic E-state index is 0.612. The first-order chi connectivity index (χ1) is 9.72. The van der Waals surface area contributed by atoms with Crippen LogP contribution >= 0.6 is 0 Å². The van der Waals surface area contributed by atoms with Gasteiger partial charge in [0.15, 0.2) is 0 Å². The molecule has 108 valence electrons. The summed E-state index contributed by atoms with van der Waals surface area (Å²) >= 11 is 0. The predicted octanol–water partition coefficient (Wildman–Crippen LogP) is 3.45. The summed E-state index contributed by atoms with van der Waals surface area (Å²) in [4.78, 5) is 2.42. The number of ether oxygens (including phenoxy) is 1. The molecule has 3 heteroatoms. The van der Waals surface area contributed by atoms with E-state index in [1.54, 1.807) is 6.07 Å². The number of benzene rings is 1. The van der Waals surface area contributed by atoms with E-state index in [4.69, 9.17) is 10.00 Å². The summed E-state index contributed by atoms with van der Waals surface area (Å²) in [5, 5.41) is 9.03. The first-order valence-electron chi connectivity index (χ1n) is 7.54. The molecule has 2 atom stereocenters. The van der Waals surface area contributed by atoms with Crippen LogP contribution < -0.4 is 4.74 Å². The third kappa shape index (κ3) is 3.74. The Hall–Kier alpha value is -1.53. The monoisotopic (exact) mass is 272 g/mol. The van der Waals surface area contributed by atoms with E-state index in [1.807, 2.05) is 18.2 Å². The second kappa shape index (κ2) is 7.31. The average molecular weight is 272 g/mol. The summed E-state index contributed by atoms with van der Waals surface area (Å²) in [6.45, 7) is 3.90. The van der Waals surface area contributed by atoms with Crippen LogP contribution in [0.2, 0.25) is 0 Å². The molecule has 1 aliphatic rings. The molecular weight excluding hydrogens is 248 g/mol. The quantitative estimate of drug-likeness (QED) is 0.823. The van der Waals surface area contributed by atoms with Gasteiger partial charge in [0.2, 0.25) is 0 Å². The van der Waals surface area contributed by atoms with Gasteiger partial charge in [-0.1, -0.05) is 31.9 Å². The molecule has 0 aliphatic heterocycles. The van der Waals surface area contributed by atoms with E-state index >= 15 is 0 Å². The van der Waals surface area contributed by atoms with Crippen molar-refractivity contribution in [2.75, 3.05) is 20.2 Å². The van der Waals surface area contributed by atoms with Gasteiger partial charge in [-0.3, -0.25) is 4.90 Å². The van der Waals surface area contributed by atoms with Gasteiger partial charge in [0, 0.05) is 12.6 Å². The molecule has 0 N–H and O–H groups in total. The second-order valence-corrected chi connectivity index (χ2v) is 5.77. The predicted molar refractivity (Wildman–Crippen MR) is 80.7 cm³/mol. The molecule has 0 saturated heterocycles. The highest BCUT2D eigenvalue weighted by molar-refractivity contribution is 5.42. The van der Waals surface area contributed by atoms with Gasteiger partial charge in [-0.05, 0) is 37.9 Å². The lowest BCUT2D eigenvalue weighted by Crippen LogP contribution is -2.40. The number of nitrogens with zero attached hydrogens (tertiary/aromatic N) is 2. The molecule has 1 aromatic rings. The zero-order valence-corrected chi connectivity index (χ0v) is 12.5. The fourth-order valence-electron chi connectivity index (χ4n) is 3.10. The van der Waals surface area contributed by atoms with Crippen LogP contribution in [-0.2, 0) is 0 Å². The van der Waals surface area contributed by atoms with Gasteiger partial charge < -0.3 is 4.74 Å². The van der Waals surface area contributed by atoms with Crippen molar-refractivity contribution in [2.24, 2.45) is 5.92 Å². The standard InChI is InChI=1S/C17H24N2O/c1-14-7-3-5-9-16(14)19(2)11-12-20-17-10-6-4-8-15(17)13-18/h4,6,8,10,14,16H,3,5,7,9,11-12H2,1-2H3. The van der Waals surface area contributed by atoms with Crippen molar-refractivity contribution in [2.45, 2.75) is 38.6 Å². The van der Waals surface area contributed by atoms with Gasteiger partial charge in [0.25, 0.3) is 0 Å². The minimum Gasteiger partial charge on any atom is -0.491 e. The Kier molecular flexibility index (Phi) is 5.43. The van der Waals surface area contributed by atoms with E-state index in [9.17, 15) is 0 Å². The smallest absolute Gasteiger partial charge is 0.137 e. The number of hydrogen-bond donors (Lipinski definition) is 0. The summed E-state index contributed by atoms with van der Waals surface area (Å²) in [5.74, 6) is 1.47. The number of rotatable bonds is 5. The lowest BCUT2D eigenvalue weighted by molar-refractivity contribution is 0.120. The Bertz CT molecular complexity index is 466. The van der Waals surface area contributed by atoms with Crippen LogP contribution in [0.3, 0.4) is 0 Å². The highest BCUT2D eigenvalue weighted by Crippen LogP contribution is 2.27. The molecule has 0 heterocycles. The Morgan fingerprint density at radius 3 is 2.80 bits per heavy atom. The third-order valence-corrected chi connectivity index (χ3v) is 4.34. The van der Waals surface area contributed by atoms with Gasteiger partial charge in [0.05, 0.1) is 5.56 Å². The van der Waals surface area contributed by atoms with E-state index in [0.717, 1.165) is 12.5 Å². The van der Waals surface area contributed by atoms with Crippen LogP contribution in [0.1, 0.15) is 38.2 Å². The molecule has 2 unspecified atom stereocenters. The summed E-state index contributed by atoms with van der Waals surface area (Å²) < 4.78 is 5.76. The third-order valence-electron chi connectivity index (χ3n) is 4.34. The molecule has 1 saturated carbocycles. The van der Waals surface area contributed by atoms with E-state index in [2.05, 4.69) is 24.9 Å². The van der Waals surface area contributed by atoms with Crippen LogP contribution in [0.4, 0.5) is 0 Å². The maximum atomic E-state index is 9.03. The first-order valence-corrected chi connectivity index (χ1v) is 7.54. The normalized spacial score (nSPS) is 22.5. The Morgan fingerprint density at radius 1 is 1.30 bits per heavy atom. The molecule has 0 bridgehead atoms. The number of nitriles is 1. The molecule has 3 nitrogen and oxygen atoms in total. The van der Waals surface area contributed by atoms with E-state index in [1.165, 1.54) is 25.7 Å². The Balaban J connectivity index is 1.82. The van der Waals surface area contributed by atoms with Crippen LogP contribution in [-0.4, -0.2) is 31.1 Å². The van der Waals surface area contributed by atoms with Crippen LogP contribution in [0.5, 0.6) is 5.75 Å². The van der Waals surface area contributed by atoms with Gasteiger partial charge in [0.1, 0.15) is 18.4 Å².